The molecule has 34 heavy (non-hydrogen) atoms. The highest BCUT2D eigenvalue weighted by Crippen LogP contribution is 2.33. The van der Waals surface area contributed by atoms with Gasteiger partial charge in [-0.1, -0.05) is 6.08 Å². The zero-order chi connectivity index (χ0) is 24.9. The molecular weight excluding hydrogens is 454 g/mol. The highest BCUT2D eigenvalue weighted by Gasteiger charge is 2.39. The molecule has 3 rings (SSSR count). The molecule has 186 valence electrons. The summed E-state index contributed by atoms with van der Waals surface area (Å²) in [5, 5.41) is 9.81. The van der Waals surface area contributed by atoms with Crippen molar-refractivity contribution in [2.75, 3.05) is 45.9 Å². The number of nitrogens with one attached hydrogen (secondary N) is 2. The second-order valence-electron chi connectivity index (χ2n) is 9.36. The molecule has 1 saturated heterocycles. The molecule has 0 aromatic carbocycles. The monoisotopic (exact) mass is 489 g/mol. The van der Waals surface area contributed by atoms with Gasteiger partial charge < -0.3 is 20.3 Å². The maximum Gasteiger partial charge on any atom is 0.338 e. The van der Waals surface area contributed by atoms with E-state index in [0.29, 0.717) is 44.0 Å². The van der Waals surface area contributed by atoms with Crippen molar-refractivity contribution >= 4 is 29.4 Å². The molecular formula is C24H35N5O4S. The number of hydrogen-bond acceptors (Lipinski definition) is 6. The standard InChI is InChI=1S/C24H35N5O4S/c1-6-9-29-18(15-27-10-12-28(13-11-27)23(32)26-24(3,4)5)19(21(30)33-7-2)20(25-22(29)31)17-8-14-34-16-17/h6,8,14,16,20H,1,7,9-13,15H2,2-5H3,(H,25,31)(H,26,32)/t20-/m1/s1. The zero-order valence-corrected chi connectivity index (χ0v) is 21.2. The van der Waals surface area contributed by atoms with Crippen molar-refractivity contribution in [1.29, 1.82) is 0 Å². The van der Waals surface area contributed by atoms with E-state index >= 15 is 0 Å². The number of hydrogen-bond donors (Lipinski definition) is 2. The molecule has 10 heteroatoms. The Morgan fingerprint density at radius 3 is 2.56 bits per heavy atom. The smallest absolute Gasteiger partial charge is 0.338 e. The van der Waals surface area contributed by atoms with Crippen LogP contribution in [0.4, 0.5) is 9.59 Å². The third kappa shape index (κ3) is 6.18. The Labute approximate surface area is 205 Å². The van der Waals surface area contributed by atoms with Crippen LogP contribution in [0.1, 0.15) is 39.3 Å². The number of amides is 4. The lowest BCUT2D eigenvalue weighted by Gasteiger charge is -2.40. The van der Waals surface area contributed by atoms with Crippen molar-refractivity contribution in [3.63, 3.8) is 0 Å². The number of carbonyl (C=O) groups is 3. The number of urea groups is 2. The molecule has 3 heterocycles. The van der Waals surface area contributed by atoms with Gasteiger partial charge >= 0.3 is 18.0 Å². The van der Waals surface area contributed by atoms with E-state index in [1.165, 1.54) is 11.3 Å². The lowest BCUT2D eigenvalue weighted by Crippen LogP contribution is -2.56. The van der Waals surface area contributed by atoms with E-state index < -0.39 is 12.0 Å². The van der Waals surface area contributed by atoms with Crippen LogP contribution in [-0.2, 0) is 9.53 Å². The number of esters is 1. The van der Waals surface area contributed by atoms with E-state index in [0.717, 1.165) is 5.56 Å². The fourth-order valence-corrected chi connectivity index (χ4v) is 4.74. The minimum Gasteiger partial charge on any atom is -0.463 e. The largest absolute Gasteiger partial charge is 0.463 e. The van der Waals surface area contributed by atoms with Crippen LogP contribution in [0, 0.1) is 0 Å². The molecule has 1 atom stereocenters. The minimum atomic E-state index is -0.576. The molecule has 0 aliphatic carbocycles. The van der Waals surface area contributed by atoms with E-state index in [9.17, 15) is 14.4 Å². The highest BCUT2D eigenvalue weighted by molar-refractivity contribution is 7.08. The van der Waals surface area contributed by atoms with Gasteiger partial charge in [0.2, 0.25) is 0 Å². The van der Waals surface area contributed by atoms with Crippen LogP contribution in [0.3, 0.4) is 0 Å². The predicted molar refractivity (Wildman–Crippen MR) is 132 cm³/mol. The van der Waals surface area contributed by atoms with Gasteiger partial charge in [-0.25, -0.2) is 14.4 Å². The molecule has 1 aromatic heterocycles. The Morgan fingerprint density at radius 2 is 2.00 bits per heavy atom. The first kappa shape index (κ1) is 25.8. The fourth-order valence-electron chi connectivity index (χ4n) is 4.06. The van der Waals surface area contributed by atoms with Gasteiger partial charge in [-0.2, -0.15) is 11.3 Å². The SMILES string of the molecule is C=CCN1C(=O)N[C@H](c2ccsc2)C(C(=O)OCC)=C1CN1CCN(C(=O)NC(C)(C)C)CC1. The van der Waals surface area contributed by atoms with Gasteiger partial charge in [0, 0.05) is 50.5 Å². The maximum atomic E-state index is 13.1. The average Bonchev–Trinajstić information content (AvgIpc) is 3.30. The van der Waals surface area contributed by atoms with Crippen LogP contribution in [0.25, 0.3) is 0 Å². The van der Waals surface area contributed by atoms with Gasteiger partial charge in [0.05, 0.1) is 18.2 Å². The Bertz CT molecular complexity index is 930. The van der Waals surface area contributed by atoms with Crippen LogP contribution in [0.15, 0.2) is 40.8 Å². The summed E-state index contributed by atoms with van der Waals surface area (Å²) in [4.78, 5) is 44.2. The third-order valence-electron chi connectivity index (χ3n) is 5.64. The Kier molecular flexibility index (Phi) is 8.37. The number of carbonyl (C=O) groups excluding carboxylic acids is 3. The van der Waals surface area contributed by atoms with Gasteiger partial charge in [0.1, 0.15) is 0 Å². The molecule has 1 fully saturated rings. The summed E-state index contributed by atoms with van der Waals surface area (Å²) in [6.45, 7) is 14.7. The van der Waals surface area contributed by atoms with Crippen LogP contribution in [0.5, 0.6) is 0 Å². The summed E-state index contributed by atoms with van der Waals surface area (Å²) in [6.07, 6.45) is 1.64. The molecule has 2 N–H and O–H groups in total. The molecule has 0 spiro atoms. The van der Waals surface area contributed by atoms with Crippen molar-refractivity contribution in [2.45, 2.75) is 39.3 Å². The topological polar surface area (TPSA) is 94.2 Å². The van der Waals surface area contributed by atoms with Crippen molar-refractivity contribution < 1.29 is 19.1 Å². The Hall–Kier alpha value is -2.85. The van der Waals surface area contributed by atoms with E-state index in [1.807, 2.05) is 37.6 Å². The summed E-state index contributed by atoms with van der Waals surface area (Å²) >= 11 is 1.51. The predicted octanol–water partition coefficient (Wildman–Crippen LogP) is 2.94. The van der Waals surface area contributed by atoms with Gasteiger partial charge in [0.15, 0.2) is 0 Å². The molecule has 0 radical (unpaired) electrons. The normalized spacial score (nSPS) is 19.6. The first-order valence-electron chi connectivity index (χ1n) is 11.5. The average molecular weight is 490 g/mol. The second kappa shape index (κ2) is 11.1. The molecule has 2 aliphatic rings. The zero-order valence-electron chi connectivity index (χ0n) is 20.4. The Balaban J connectivity index is 1.87. The number of nitrogens with zero attached hydrogens (tertiary/aromatic N) is 3. The molecule has 0 bridgehead atoms. The summed E-state index contributed by atoms with van der Waals surface area (Å²) in [5.41, 5.74) is 1.60. The van der Waals surface area contributed by atoms with E-state index in [4.69, 9.17) is 4.74 Å². The number of piperazine rings is 1. The first-order chi connectivity index (χ1) is 16.1. The minimum absolute atomic E-state index is 0.0820. The molecule has 1 aromatic rings. The summed E-state index contributed by atoms with van der Waals surface area (Å²) in [7, 11) is 0. The van der Waals surface area contributed by atoms with E-state index in [2.05, 4.69) is 22.1 Å². The fraction of sp³-hybridized carbons (Fsp3) is 0.542. The Morgan fingerprint density at radius 1 is 1.29 bits per heavy atom. The third-order valence-corrected chi connectivity index (χ3v) is 6.34. The van der Waals surface area contributed by atoms with Crippen LogP contribution in [-0.4, -0.2) is 84.1 Å². The van der Waals surface area contributed by atoms with Crippen molar-refractivity contribution in [3.05, 3.63) is 46.3 Å². The van der Waals surface area contributed by atoms with Gasteiger partial charge in [0.25, 0.3) is 0 Å². The van der Waals surface area contributed by atoms with Crippen molar-refractivity contribution in [1.82, 2.24) is 25.3 Å². The summed E-state index contributed by atoms with van der Waals surface area (Å²) in [5.74, 6) is -0.439. The lowest BCUT2D eigenvalue weighted by atomic mass is 9.96. The highest BCUT2D eigenvalue weighted by atomic mass is 32.1. The van der Waals surface area contributed by atoms with E-state index in [1.54, 1.807) is 22.8 Å². The second-order valence-corrected chi connectivity index (χ2v) is 10.1. The summed E-state index contributed by atoms with van der Waals surface area (Å²) < 4.78 is 5.41. The summed E-state index contributed by atoms with van der Waals surface area (Å²) in [6, 6.07) is 0.971. The maximum absolute atomic E-state index is 13.1. The molecule has 0 unspecified atom stereocenters. The molecule has 0 saturated carbocycles. The van der Waals surface area contributed by atoms with Crippen LogP contribution in [0.2, 0.25) is 0 Å². The molecule has 2 aliphatic heterocycles. The quantitative estimate of drug-likeness (QED) is 0.454. The lowest BCUT2D eigenvalue weighted by molar-refractivity contribution is -0.139. The number of ether oxygens (including phenoxy) is 1. The van der Waals surface area contributed by atoms with Crippen molar-refractivity contribution in [2.24, 2.45) is 0 Å². The van der Waals surface area contributed by atoms with Gasteiger partial charge in [-0.3, -0.25) is 9.80 Å². The molecule has 9 nitrogen and oxygen atoms in total. The van der Waals surface area contributed by atoms with Crippen LogP contribution < -0.4 is 10.6 Å². The number of rotatable bonds is 7. The van der Waals surface area contributed by atoms with Gasteiger partial charge in [-0.05, 0) is 50.1 Å². The van der Waals surface area contributed by atoms with Crippen molar-refractivity contribution in [3.8, 4) is 0 Å². The first-order valence-corrected chi connectivity index (χ1v) is 12.5. The van der Waals surface area contributed by atoms with E-state index in [-0.39, 0.29) is 30.8 Å². The van der Waals surface area contributed by atoms with Crippen LogP contribution >= 0.6 is 11.3 Å². The van der Waals surface area contributed by atoms with Gasteiger partial charge in [-0.15, -0.1) is 6.58 Å². The molecule has 4 amide bonds. The number of thiophene rings is 1.